The average Bonchev–Trinajstić information content (AvgIpc) is 2.66. The number of amides is 1. The van der Waals surface area contributed by atoms with Crippen LogP contribution in [-0.4, -0.2) is 22.2 Å². The summed E-state index contributed by atoms with van der Waals surface area (Å²) in [6.07, 6.45) is 1.24. The molecule has 106 valence electrons. The van der Waals surface area contributed by atoms with Crippen molar-refractivity contribution in [3.8, 4) is 0 Å². The van der Waals surface area contributed by atoms with E-state index in [9.17, 15) is 9.59 Å². The molecule has 0 unspecified atom stereocenters. The maximum absolute atomic E-state index is 12.2. The number of carbonyl (C=O) groups is 2. The van der Waals surface area contributed by atoms with E-state index in [2.05, 4.69) is 0 Å². The van der Waals surface area contributed by atoms with E-state index >= 15 is 0 Å². The molecule has 0 saturated heterocycles. The fourth-order valence-electron chi connectivity index (χ4n) is 2.04. The summed E-state index contributed by atoms with van der Waals surface area (Å²) in [5, 5.41) is 0.831. The number of benzene rings is 1. The van der Waals surface area contributed by atoms with Gasteiger partial charge in [-0.05, 0) is 32.4 Å². The van der Waals surface area contributed by atoms with Crippen LogP contribution in [-0.2, 0) is 16.0 Å². The van der Waals surface area contributed by atoms with Gasteiger partial charge in [0.15, 0.2) is 0 Å². The zero-order chi connectivity index (χ0) is 14.9. The minimum absolute atomic E-state index is 0.0936. The molecule has 0 bridgehead atoms. The highest BCUT2D eigenvalue weighted by Crippen LogP contribution is 2.23. The molecule has 0 aliphatic carbocycles. The molecule has 0 aliphatic heterocycles. The van der Waals surface area contributed by atoms with Crippen LogP contribution in [0.1, 0.15) is 26.3 Å². The second kappa shape index (κ2) is 5.00. The first-order valence-electron chi connectivity index (χ1n) is 6.38. The van der Waals surface area contributed by atoms with Gasteiger partial charge in [-0.15, -0.1) is 0 Å². The van der Waals surface area contributed by atoms with E-state index < -0.39 is 17.6 Å². The molecule has 1 heterocycles. The van der Waals surface area contributed by atoms with Crippen LogP contribution >= 0.6 is 0 Å². The Bertz CT molecular complexity index is 665. The molecule has 0 saturated carbocycles. The predicted molar refractivity (Wildman–Crippen MR) is 76.5 cm³/mol. The molecule has 0 atom stereocenters. The van der Waals surface area contributed by atoms with Crippen LogP contribution in [0.3, 0.4) is 0 Å². The molecule has 0 aliphatic rings. The Balaban J connectivity index is 2.48. The summed E-state index contributed by atoms with van der Waals surface area (Å²) < 4.78 is 6.77. The van der Waals surface area contributed by atoms with Gasteiger partial charge in [0.1, 0.15) is 5.60 Å². The van der Waals surface area contributed by atoms with Crippen LogP contribution in [0.5, 0.6) is 0 Å². The fourth-order valence-corrected chi connectivity index (χ4v) is 2.04. The van der Waals surface area contributed by atoms with Crippen molar-refractivity contribution >= 4 is 22.9 Å². The molecule has 0 radical (unpaired) electrons. The molecule has 1 aromatic heterocycles. The Morgan fingerprint density at radius 1 is 1.25 bits per heavy atom. The summed E-state index contributed by atoms with van der Waals surface area (Å²) in [4.78, 5) is 23.3. The molecule has 5 nitrogen and oxygen atoms in total. The van der Waals surface area contributed by atoms with Crippen LogP contribution in [0, 0.1) is 0 Å². The van der Waals surface area contributed by atoms with E-state index in [1.165, 1.54) is 4.57 Å². The first kappa shape index (κ1) is 14.1. The minimum atomic E-state index is -0.577. The number of aromatic nitrogens is 1. The molecule has 1 aromatic carbocycles. The topological polar surface area (TPSA) is 74.3 Å². The van der Waals surface area contributed by atoms with Gasteiger partial charge in [-0.1, -0.05) is 18.2 Å². The summed E-state index contributed by atoms with van der Waals surface area (Å²) in [6, 6.07) is 7.35. The van der Waals surface area contributed by atoms with Gasteiger partial charge in [-0.25, -0.2) is 4.79 Å². The lowest BCUT2D eigenvalue weighted by Gasteiger charge is -2.19. The number of hydrogen-bond acceptors (Lipinski definition) is 3. The summed E-state index contributed by atoms with van der Waals surface area (Å²) in [7, 11) is 0. The summed E-state index contributed by atoms with van der Waals surface area (Å²) in [5.74, 6) is -0.433. The Kier molecular flexibility index (Phi) is 3.53. The highest BCUT2D eigenvalue weighted by atomic mass is 16.6. The van der Waals surface area contributed by atoms with Gasteiger partial charge in [0.2, 0.25) is 5.91 Å². The maximum Gasteiger partial charge on any atom is 0.419 e. The number of primary amides is 1. The van der Waals surface area contributed by atoms with Crippen LogP contribution < -0.4 is 5.73 Å². The summed E-state index contributed by atoms with van der Waals surface area (Å²) >= 11 is 0. The number of para-hydroxylation sites is 1. The molecule has 2 rings (SSSR count). The Hall–Kier alpha value is -2.30. The van der Waals surface area contributed by atoms with Crippen LogP contribution in [0.4, 0.5) is 4.79 Å². The lowest BCUT2D eigenvalue weighted by molar-refractivity contribution is -0.117. The lowest BCUT2D eigenvalue weighted by atomic mass is 10.1. The molecular weight excluding hydrogens is 256 g/mol. The lowest BCUT2D eigenvalue weighted by Crippen LogP contribution is -2.26. The first-order chi connectivity index (χ1) is 9.28. The van der Waals surface area contributed by atoms with Crippen molar-refractivity contribution in [1.82, 2.24) is 4.57 Å². The fraction of sp³-hybridized carbons (Fsp3) is 0.333. The summed E-state index contributed by atoms with van der Waals surface area (Å²) in [5.41, 5.74) is 6.09. The third kappa shape index (κ3) is 2.99. The number of fused-ring (bicyclic) bond motifs is 1. The first-order valence-corrected chi connectivity index (χ1v) is 6.38. The summed E-state index contributed by atoms with van der Waals surface area (Å²) in [6.45, 7) is 5.42. The molecular formula is C15H18N2O3. The van der Waals surface area contributed by atoms with E-state index in [-0.39, 0.29) is 6.42 Å². The standard InChI is InChI=1S/C15H18N2O3/c1-15(2,3)20-14(19)17-9-10(8-13(16)18)11-6-4-5-7-12(11)17/h4-7,9H,8H2,1-3H3,(H2,16,18). The number of nitrogens with zero attached hydrogens (tertiary/aromatic N) is 1. The number of hydrogen-bond donors (Lipinski definition) is 1. The van der Waals surface area contributed by atoms with E-state index in [0.29, 0.717) is 5.52 Å². The zero-order valence-corrected chi connectivity index (χ0v) is 11.8. The van der Waals surface area contributed by atoms with Crippen molar-refractivity contribution < 1.29 is 14.3 Å². The van der Waals surface area contributed by atoms with Gasteiger partial charge in [-0.2, -0.15) is 0 Å². The zero-order valence-electron chi connectivity index (χ0n) is 11.8. The highest BCUT2D eigenvalue weighted by Gasteiger charge is 2.20. The normalized spacial score (nSPS) is 11.6. The van der Waals surface area contributed by atoms with Crippen molar-refractivity contribution in [2.45, 2.75) is 32.8 Å². The van der Waals surface area contributed by atoms with Crippen LogP contribution in [0.25, 0.3) is 10.9 Å². The van der Waals surface area contributed by atoms with Crippen LogP contribution in [0.15, 0.2) is 30.5 Å². The molecule has 0 fully saturated rings. The number of carbonyl (C=O) groups excluding carboxylic acids is 2. The Morgan fingerprint density at radius 3 is 2.50 bits per heavy atom. The SMILES string of the molecule is CC(C)(C)OC(=O)n1cc(CC(N)=O)c2ccccc21. The monoisotopic (exact) mass is 274 g/mol. The van der Waals surface area contributed by atoms with Gasteiger partial charge in [0.05, 0.1) is 11.9 Å². The van der Waals surface area contributed by atoms with Gasteiger partial charge in [0.25, 0.3) is 0 Å². The number of ether oxygens (including phenoxy) is 1. The van der Waals surface area contributed by atoms with Crippen molar-refractivity contribution in [3.63, 3.8) is 0 Å². The van der Waals surface area contributed by atoms with Crippen molar-refractivity contribution in [3.05, 3.63) is 36.0 Å². The van der Waals surface area contributed by atoms with Gasteiger partial charge < -0.3 is 10.5 Å². The average molecular weight is 274 g/mol. The quantitative estimate of drug-likeness (QED) is 0.914. The van der Waals surface area contributed by atoms with E-state index in [1.807, 2.05) is 24.3 Å². The van der Waals surface area contributed by atoms with Crippen LogP contribution in [0.2, 0.25) is 0 Å². The van der Waals surface area contributed by atoms with Gasteiger partial charge in [-0.3, -0.25) is 9.36 Å². The second-order valence-electron chi connectivity index (χ2n) is 5.66. The third-order valence-electron chi connectivity index (χ3n) is 2.75. The van der Waals surface area contributed by atoms with E-state index in [4.69, 9.17) is 10.5 Å². The Morgan fingerprint density at radius 2 is 1.90 bits per heavy atom. The smallest absolute Gasteiger partial charge is 0.419 e. The van der Waals surface area contributed by atoms with Crippen molar-refractivity contribution in [2.75, 3.05) is 0 Å². The minimum Gasteiger partial charge on any atom is -0.443 e. The number of rotatable bonds is 2. The molecule has 2 aromatic rings. The Labute approximate surface area is 117 Å². The molecule has 0 spiro atoms. The maximum atomic E-state index is 12.2. The molecule has 20 heavy (non-hydrogen) atoms. The second-order valence-corrected chi connectivity index (χ2v) is 5.66. The third-order valence-corrected chi connectivity index (χ3v) is 2.75. The molecule has 5 heteroatoms. The van der Waals surface area contributed by atoms with Crippen molar-refractivity contribution in [2.24, 2.45) is 5.73 Å². The van der Waals surface area contributed by atoms with E-state index in [1.54, 1.807) is 27.0 Å². The highest BCUT2D eigenvalue weighted by molar-refractivity contribution is 5.94. The van der Waals surface area contributed by atoms with Gasteiger partial charge in [0, 0.05) is 11.6 Å². The van der Waals surface area contributed by atoms with E-state index in [0.717, 1.165) is 10.9 Å². The predicted octanol–water partition coefficient (Wildman–Crippen LogP) is 2.45. The largest absolute Gasteiger partial charge is 0.443 e. The van der Waals surface area contributed by atoms with Crippen molar-refractivity contribution in [1.29, 1.82) is 0 Å². The molecule has 2 N–H and O–H groups in total. The molecule has 1 amide bonds. The van der Waals surface area contributed by atoms with Gasteiger partial charge >= 0.3 is 6.09 Å². The number of nitrogens with two attached hydrogens (primary N) is 1.